The van der Waals surface area contributed by atoms with Crippen molar-refractivity contribution in [2.45, 2.75) is 50.5 Å². The number of aryl methyl sites for hydroxylation is 1. The predicted octanol–water partition coefficient (Wildman–Crippen LogP) is 1.76. The van der Waals surface area contributed by atoms with Crippen LogP contribution in [0.1, 0.15) is 38.2 Å². The molecule has 2 N–H and O–H groups in total. The first-order chi connectivity index (χ1) is 13.2. The molecule has 2 aliphatic carbocycles. The zero-order valence-corrected chi connectivity index (χ0v) is 17.1. The van der Waals surface area contributed by atoms with Gasteiger partial charge in [0.1, 0.15) is 6.54 Å². The smallest absolute Gasteiger partial charge is 0.321 e. The maximum absolute atomic E-state index is 12.1. The molecule has 2 fully saturated rings. The van der Waals surface area contributed by atoms with E-state index in [-0.39, 0.29) is 16.8 Å². The standard InChI is InChI=1S/C20H28N2O5S/c1-13-3-7-17(8-4-13)28(25,26)21-11-20(24)27-12-19(23)22-14(2)18-10-15-5-6-16(18)9-15/h3-4,7-8,14-16,18,21H,5-6,9-12H2,1-2H3,(H,22,23)/t14-,15-,16+,18-/m1/s1. The number of ether oxygens (including phenoxy) is 1. The third-order valence-electron chi connectivity index (χ3n) is 5.93. The van der Waals surface area contributed by atoms with Crippen molar-refractivity contribution in [1.29, 1.82) is 0 Å². The van der Waals surface area contributed by atoms with Gasteiger partial charge in [0.2, 0.25) is 10.0 Å². The van der Waals surface area contributed by atoms with Crippen molar-refractivity contribution < 1.29 is 22.7 Å². The molecular weight excluding hydrogens is 380 g/mol. The van der Waals surface area contributed by atoms with Gasteiger partial charge in [-0.15, -0.1) is 0 Å². The molecule has 0 aromatic heterocycles. The molecule has 154 valence electrons. The highest BCUT2D eigenvalue weighted by Crippen LogP contribution is 2.49. The molecule has 3 rings (SSSR count). The van der Waals surface area contributed by atoms with Crippen molar-refractivity contribution in [3.05, 3.63) is 29.8 Å². The van der Waals surface area contributed by atoms with Crippen LogP contribution in [0.15, 0.2) is 29.2 Å². The number of esters is 1. The second-order valence-electron chi connectivity index (χ2n) is 7.99. The summed E-state index contributed by atoms with van der Waals surface area (Å²) in [6.45, 7) is 2.92. The van der Waals surface area contributed by atoms with Crippen LogP contribution in [0, 0.1) is 24.7 Å². The van der Waals surface area contributed by atoms with E-state index in [0.29, 0.717) is 11.8 Å². The molecule has 0 heterocycles. The summed E-state index contributed by atoms with van der Waals surface area (Å²) in [5.41, 5.74) is 0.934. The zero-order valence-electron chi connectivity index (χ0n) is 16.3. The average molecular weight is 409 g/mol. The summed E-state index contributed by atoms with van der Waals surface area (Å²) >= 11 is 0. The van der Waals surface area contributed by atoms with Crippen molar-refractivity contribution in [2.75, 3.05) is 13.2 Å². The number of nitrogens with one attached hydrogen (secondary N) is 2. The molecular formula is C20H28N2O5S. The van der Waals surface area contributed by atoms with Gasteiger partial charge >= 0.3 is 5.97 Å². The third-order valence-corrected chi connectivity index (χ3v) is 7.34. The van der Waals surface area contributed by atoms with Gasteiger partial charge in [0, 0.05) is 6.04 Å². The lowest BCUT2D eigenvalue weighted by Crippen LogP contribution is -2.42. The normalized spacial score (nSPS) is 24.7. The highest BCUT2D eigenvalue weighted by atomic mass is 32.2. The monoisotopic (exact) mass is 408 g/mol. The molecule has 1 aromatic rings. The average Bonchev–Trinajstić information content (AvgIpc) is 3.28. The van der Waals surface area contributed by atoms with E-state index in [1.165, 1.54) is 31.4 Å². The topological polar surface area (TPSA) is 102 Å². The summed E-state index contributed by atoms with van der Waals surface area (Å²) in [7, 11) is -3.80. The number of amides is 1. The van der Waals surface area contributed by atoms with E-state index < -0.39 is 29.1 Å². The fourth-order valence-corrected chi connectivity index (χ4v) is 5.43. The molecule has 2 aliphatic rings. The van der Waals surface area contributed by atoms with Crippen LogP contribution in [0.2, 0.25) is 0 Å². The fraction of sp³-hybridized carbons (Fsp3) is 0.600. The molecule has 0 unspecified atom stereocenters. The first kappa shape index (κ1) is 20.8. The Hall–Kier alpha value is -1.93. The summed E-state index contributed by atoms with van der Waals surface area (Å²) in [5.74, 6) is 0.843. The Morgan fingerprint density at radius 2 is 1.89 bits per heavy atom. The second-order valence-corrected chi connectivity index (χ2v) is 9.76. The summed E-state index contributed by atoms with van der Waals surface area (Å²) in [5, 5.41) is 2.91. The second kappa shape index (κ2) is 8.61. The molecule has 0 aliphatic heterocycles. The molecule has 0 spiro atoms. The minimum atomic E-state index is -3.80. The van der Waals surface area contributed by atoms with E-state index in [9.17, 15) is 18.0 Å². The number of carbonyl (C=O) groups excluding carboxylic acids is 2. The zero-order chi connectivity index (χ0) is 20.3. The van der Waals surface area contributed by atoms with Gasteiger partial charge in [0.15, 0.2) is 6.61 Å². The first-order valence-corrected chi connectivity index (χ1v) is 11.2. The minimum absolute atomic E-state index is 0.0570. The molecule has 8 heteroatoms. The number of fused-ring (bicyclic) bond motifs is 2. The minimum Gasteiger partial charge on any atom is -0.455 e. The molecule has 4 atom stereocenters. The summed E-state index contributed by atoms with van der Waals surface area (Å²) in [4.78, 5) is 23.9. The summed E-state index contributed by atoms with van der Waals surface area (Å²) < 4.78 is 31.4. The lowest BCUT2D eigenvalue weighted by molar-refractivity contribution is -0.147. The maximum Gasteiger partial charge on any atom is 0.321 e. The van der Waals surface area contributed by atoms with Crippen molar-refractivity contribution in [1.82, 2.24) is 10.0 Å². The lowest BCUT2D eigenvalue weighted by Gasteiger charge is -2.28. The Morgan fingerprint density at radius 3 is 2.50 bits per heavy atom. The molecule has 0 radical (unpaired) electrons. The number of hydrogen-bond acceptors (Lipinski definition) is 5. The summed E-state index contributed by atoms with van der Waals surface area (Å²) in [6.07, 6.45) is 4.97. The van der Waals surface area contributed by atoms with E-state index in [4.69, 9.17) is 4.74 Å². The number of sulfonamides is 1. The molecule has 1 aromatic carbocycles. The van der Waals surface area contributed by atoms with Crippen molar-refractivity contribution in [3.63, 3.8) is 0 Å². The molecule has 2 bridgehead atoms. The van der Waals surface area contributed by atoms with Gasteiger partial charge < -0.3 is 10.1 Å². The summed E-state index contributed by atoms with van der Waals surface area (Å²) in [6, 6.07) is 6.34. The number of rotatable bonds is 8. The van der Waals surface area contributed by atoms with Gasteiger partial charge in [0.25, 0.3) is 5.91 Å². The Bertz CT molecular complexity index is 822. The van der Waals surface area contributed by atoms with Gasteiger partial charge in [-0.3, -0.25) is 9.59 Å². The largest absolute Gasteiger partial charge is 0.455 e. The van der Waals surface area contributed by atoms with Crippen molar-refractivity contribution in [3.8, 4) is 0 Å². The van der Waals surface area contributed by atoms with E-state index in [1.807, 2.05) is 13.8 Å². The molecule has 0 saturated heterocycles. The number of benzene rings is 1. The molecule has 2 saturated carbocycles. The van der Waals surface area contributed by atoms with Crippen LogP contribution in [-0.2, 0) is 24.3 Å². The van der Waals surface area contributed by atoms with Crippen molar-refractivity contribution >= 4 is 21.9 Å². The van der Waals surface area contributed by atoms with Crippen LogP contribution in [0.5, 0.6) is 0 Å². The van der Waals surface area contributed by atoms with E-state index >= 15 is 0 Å². The van der Waals surface area contributed by atoms with E-state index in [0.717, 1.165) is 17.9 Å². The van der Waals surface area contributed by atoms with E-state index in [2.05, 4.69) is 10.0 Å². The number of carbonyl (C=O) groups is 2. The van der Waals surface area contributed by atoms with Crippen LogP contribution in [0.4, 0.5) is 0 Å². The van der Waals surface area contributed by atoms with Crippen LogP contribution in [0.3, 0.4) is 0 Å². The van der Waals surface area contributed by atoms with E-state index in [1.54, 1.807) is 12.1 Å². The lowest BCUT2D eigenvalue weighted by atomic mass is 9.84. The SMILES string of the molecule is Cc1ccc(S(=O)(=O)NCC(=O)OCC(=O)N[C@H](C)[C@H]2C[C@@H]3CC[C@H]2C3)cc1. The van der Waals surface area contributed by atoms with Crippen molar-refractivity contribution in [2.24, 2.45) is 17.8 Å². The van der Waals surface area contributed by atoms with Gasteiger partial charge in [-0.1, -0.05) is 24.1 Å². The molecule has 28 heavy (non-hydrogen) atoms. The fourth-order valence-electron chi connectivity index (χ4n) is 4.46. The first-order valence-electron chi connectivity index (χ1n) is 9.76. The Balaban J connectivity index is 1.39. The van der Waals surface area contributed by atoms with Gasteiger partial charge in [-0.25, -0.2) is 8.42 Å². The van der Waals surface area contributed by atoms with Crippen LogP contribution < -0.4 is 10.0 Å². The van der Waals surface area contributed by atoms with Gasteiger partial charge in [-0.05, 0) is 63.0 Å². The van der Waals surface area contributed by atoms with Crippen LogP contribution >= 0.6 is 0 Å². The third kappa shape index (κ3) is 5.11. The highest BCUT2D eigenvalue weighted by Gasteiger charge is 2.42. The molecule has 1 amide bonds. The Labute approximate surface area is 166 Å². The quantitative estimate of drug-likeness (QED) is 0.638. The predicted molar refractivity (Wildman–Crippen MR) is 104 cm³/mol. The van der Waals surface area contributed by atoms with Gasteiger partial charge in [0.05, 0.1) is 4.90 Å². The highest BCUT2D eigenvalue weighted by molar-refractivity contribution is 7.89. The molecule has 7 nitrogen and oxygen atoms in total. The Kier molecular flexibility index (Phi) is 6.40. The van der Waals surface area contributed by atoms with Crippen LogP contribution in [-0.4, -0.2) is 39.5 Å². The van der Waals surface area contributed by atoms with Crippen LogP contribution in [0.25, 0.3) is 0 Å². The Morgan fingerprint density at radius 1 is 1.18 bits per heavy atom. The van der Waals surface area contributed by atoms with Gasteiger partial charge in [-0.2, -0.15) is 4.72 Å². The maximum atomic E-state index is 12.1. The number of hydrogen-bond donors (Lipinski definition) is 2.